The monoisotopic (exact) mass is 627 g/mol. The van der Waals surface area contributed by atoms with Crippen molar-refractivity contribution in [3.8, 4) is 22.6 Å². The van der Waals surface area contributed by atoms with Gasteiger partial charge in [0.1, 0.15) is 12.0 Å². The topological polar surface area (TPSA) is 116 Å². The summed E-state index contributed by atoms with van der Waals surface area (Å²) in [6.07, 6.45) is 9.86. The Balaban J connectivity index is 0.899. The molecule has 8 rings (SSSR count). The van der Waals surface area contributed by atoms with E-state index in [2.05, 4.69) is 54.4 Å². The van der Waals surface area contributed by atoms with Crippen LogP contribution in [0.25, 0.3) is 39.1 Å². The Bertz CT molecular complexity index is 2030. The molecule has 0 saturated carbocycles. The zero-order valence-electron chi connectivity index (χ0n) is 26.7. The first-order valence-electron chi connectivity index (χ1n) is 16.2. The lowest BCUT2D eigenvalue weighted by molar-refractivity contribution is -0.132. The van der Waals surface area contributed by atoms with Crippen molar-refractivity contribution in [1.29, 1.82) is 0 Å². The van der Waals surface area contributed by atoms with Gasteiger partial charge in [0.25, 0.3) is 0 Å². The molecule has 2 fully saturated rings. The molecule has 5 aromatic rings. The van der Waals surface area contributed by atoms with Gasteiger partial charge in [0.2, 0.25) is 11.8 Å². The first-order valence-corrected chi connectivity index (χ1v) is 16.2. The summed E-state index contributed by atoms with van der Waals surface area (Å²) in [5.41, 5.74) is 7.69. The van der Waals surface area contributed by atoms with Crippen LogP contribution in [0.1, 0.15) is 30.4 Å². The summed E-state index contributed by atoms with van der Waals surface area (Å²) in [5, 5.41) is 13.1. The zero-order chi connectivity index (χ0) is 32.1. The van der Waals surface area contributed by atoms with E-state index in [1.165, 1.54) is 5.57 Å². The number of likely N-dealkylation sites (tertiary alicyclic amines) is 1. The number of benzene rings is 2. The first-order chi connectivity index (χ1) is 22.9. The van der Waals surface area contributed by atoms with E-state index in [-0.39, 0.29) is 11.8 Å². The number of nitrogens with one attached hydrogen (secondary N) is 1. The molecule has 0 unspecified atom stereocenters. The van der Waals surface area contributed by atoms with Crippen LogP contribution in [0.2, 0.25) is 0 Å². The van der Waals surface area contributed by atoms with Gasteiger partial charge in [0, 0.05) is 67.8 Å². The van der Waals surface area contributed by atoms with Crippen molar-refractivity contribution in [2.75, 3.05) is 44.2 Å². The average molecular weight is 628 g/mol. The molecule has 3 aliphatic rings. The lowest BCUT2D eigenvalue weighted by atomic mass is 9.85. The number of hydrogen-bond donors (Lipinski definition) is 1. The fraction of sp³-hybridized carbons (Fsp3) is 0.333. The number of pyridine rings is 1. The van der Waals surface area contributed by atoms with E-state index >= 15 is 0 Å². The number of aromatic amines is 1. The number of rotatable bonds is 6. The lowest BCUT2D eigenvalue weighted by Gasteiger charge is -2.29. The summed E-state index contributed by atoms with van der Waals surface area (Å²) >= 11 is 0. The summed E-state index contributed by atoms with van der Waals surface area (Å²) in [4.78, 5) is 42.0. The molecule has 2 saturated heterocycles. The van der Waals surface area contributed by atoms with Gasteiger partial charge in [-0.25, -0.2) is 4.98 Å². The van der Waals surface area contributed by atoms with Crippen LogP contribution >= 0.6 is 0 Å². The molecule has 11 nitrogen and oxygen atoms in total. The second kappa shape index (κ2) is 11.6. The predicted molar refractivity (Wildman–Crippen MR) is 180 cm³/mol. The quantitative estimate of drug-likeness (QED) is 0.295. The number of carbonyl (C=O) groups excluding carboxylic acids is 2. The molecule has 0 radical (unpaired) electrons. The number of nitrogens with zero attached hydrogens (tertiary/aromatic N) is 8. The van der Waals surface area contributed by atoms with E-state index < -0.39 is 5.41 Å². The second-order valence-electron chi connectivity index (χ2n) is 13.1. The number of carbonyl (C=O) groups is 2. The van der Waals surface area contributed by atoms with Crippen LogP contribution in [-0.2, 0) is 16.6 Å². The van der Waals surface area contributed by atoms with Crippen LogP contribution in [0.5, 0.6) is 0 Å². The standard InChI is InChI=1S/C36H37N9O2/c1-24-9-14-37-20-30(24)33-29-19-28(7-8-31(29)39-40-33)45-18-13-36(35(45)47)12-17-43(22-36)21-32(46)44-15-10-26(11-16-44)25-3-5-27(6-4-25)34-38-23-42(2)41-34/h3-10,14,19-20,23H,11-13,15-18,21-22H2,1-2H3,(H,39,40)/t36-/m0/s1. The van der Waals surface area contributed by atoms with E-state index in [4.69, 9.17) is 0 Å². The van der Waals surface area contributed by atoms with Gasteiger partial charge in [-0.2, -0.15) is 10.2 Å². The third-order valence-electron chi connectivity index (χ3n) is 10.1. The number of amides is 2. The fourth-order valence-corrected chi connectivity index (χ4v) is 7.38. The highest BCUT2D eigenvalue weighted by atomic mass is 16.2. The SMILES string of the molecule is Cc1ccncc1-c1n[nH]c2ccc(N3CC[C@]4(CCN(CC(=O)N5CC=C(c6ccc(-c7ncn(C)n7)cc6)CC5)C4)C3=O)cc12. The second-order valence-corrected chi connectivity index (χ2v) is 13.1. The number of aromatic nitrogens is 6. The van der Waals surface area contributed by atoms with Gasteiger partial charge < -0.3 is 9.80 Å². The van der Waals surface area contributed by atoms with Crippen molar-refractivity contribution in [2.24, 2.45) is 12.5 Å². The molecule has 2 amide bonds. The Morgan fingerprint density at radius 2 is 1.85 bits per heavy atom. The largest absolute Gasteiger partial charge is 0.338 e. The summed E-state index contributed by atoms with van der Waals surface area (Å²) in [5.74, 6) is 0.995. The molecule has 2 aromatic carbocycles. The van der Waals surface area contributed by atoms with Crippen LogP contribution in [0.4, 0.5) is 5.69 Å². The number of hydrogen-bond acceptors (Lipinski definition) is 7. The minimum Gasteiger partial charge on any atom is -0.338 e. The van der Waals surface area contributed by atoms with Crippen LogP contribution in [0.3, 0.4) is 0 Å². The maximum absolute atomic E-state index is 14.0. The minimum absolute atomic E-state index is 0.125. The Labute approximate surface area is 272 Å². The molecular weight excluding hydrogens is 590 g/mol. The third kappa shape index (κ3) is 5.30. The van der Waals surface area contributed by atoms with Crippen molar-refractivity contribution < 1.29 is 9.59 Å². The summed E-state index contributed by atoms with van der Waals surface area (Å²) in [6, 6.07) is 16.4. The molecule has 0 aliphatic carbocycles. The molecule has 0 bridgehead atoms. The Hall–Kier alpha value is -5.16. The normalized spacial score (nSPS) is 20.1. The van der Waals surface area contributed by atoms with E-state index in [0.717, 1.165) is 70.3 Å². The van der Waals surface area contributed by atoms with Gasteiger partial charge >= 0.3 is 0 Å². The van der Waals surface area contributed by atoms with E-state index in [9.17, 15) is 9.59 Å². The van der Waals surface area contributed by atoms with Crippen LogP contribution < -0.4 is 4.90 Å². The van der Waals surface area contributed by atoms with Gasteiger partial charge in [-0.05, 0) is 73.7 Å². The van der Waals surface area contributed by atoms with Crippen LogP contribution in [0.15, 0.2) is 73.3 Å². The van der Waals surface area contributed by atoms with Gasteiger partial charge in [-0.3, -0.25) is 29.3 Å². The Kier molecular flexibility index (Phi) is 7.20. The van der Waals surface area contributed by atoms with Crippen LogP contribution in [-0.4, -0.2) is 90.8 Å². The molecule has 11 heteroatoms. The number of H-pyrrole nitrogens is 1. The maximum atomic E-state index is 14.0. The lowest BCUT2D eigenvalue weighted by Crippen LogP contribution is -2.43. The molecule has 1 atom stereocenters. The summed E-state index contributed by atoms with van der Waals surface area (Å²) < 4.78 is 1.70. The average Bonchev–Trinajstić information content (AvgIpc) is 3.89. The van der Waals surface area contributed by atoms with Gasteiger partial charge in [0.05, 0.1) is 17.5 Å². The van der Waals surface area contributed by atoms with Crippen molar-refractivity contribution >= 4 is 34.0 Å². The first kappa shape index (κ1) is 29.3. The zero-order valence-corrected chi connectivity index (χ0v) is 26.7. The van der Waals surface area contributed by atoms with Crippen LogP contribution in [0, 0.1) is 12.3 Å². The number of fused-ring (bicyclic) bond motifs is 1. The predicted octanol–water partition coefficient (Wildman–Crippen LogP) is 4.47. The summed E-state index contributed by atoms with van der Waals surface area (Å²) in [6.45, 7) is 5.73. The van der Waals surface area contributed by atoms with Crippen molar-refractivity contribution in [2.45, 2.75) is 26.2 Å². The van der Waals surface area contributed by atoms with E-state index in [1.807, 2.05) is 60.3 Å². The molecule has 1 spiro atoms. The molecule has 238 valence electrons. The molecule has 47 heavy (non-hydrogen) atoms. The Morgan fingerprint density at radius 1 is 1.02 bits per heavy atom. The highest BCUT2D eigenvalue weighted by molar-refractivity contribution is 6.03. The number of anilines is 1. The highest BCUT2D eigenvalue weighted by Crippen LogP contribution is 2.43. The Morgan fingerprint density at radius 3 is 2.62 bits per heavy atom. The van der Waals surface area contributed by atoms with E-state index in [0.29, 0.717) is 38.5 Å². The van der Waals surface area contributed by atoms with Crippen molar-refractivity contribution in [1.82, 2.24) is 39.7 Å². The maximum Gasteiger partial charge on any atom is 0.237 e. The fourth-order valence-electron chi connectivity index (χ4n) is 7.38. The minimum atomic E-state index is -0.444. The van der Waals surface area contributed by atoms with Gasteiger partial charge in [0.15, 0.2) is 5.82 Å². The molecule has 3 aliphatic heterocycles. The third-order valence-corrected chi connectivity index (χ3v) is 10.1. The van der Waals surface area contributed by atoms with Crippen molar-refractivity contribution in [3.05, 3.63) is 84.5 Å². The highest BCUT2D eigenvalue weighted by Gasteiger charge is 2.51. The van der Waals surface area contributed by atoms with Gasteiger partial charge in [-0.15, -0.1) is 0 Å². The van der Waals surface area contributed by atoms with Gasteiger partial charge in [-0.1, -0.05) is 30.3 Å². The molecular formula is C36H37N9O2. The van der Waals surface area contributed by atoms with Crippen molar-refractivity contribution in [3.63, 3.8) is 0 Å². The van der Waals surface area contributed by atoms with E-state index in [1.54, 1.807) is 17.2 Å². The summed E-state index contributed by atoms with van der Waals surface area (Å²) in [7, 11) is 1.86. The molecule has 3 aromatic heterocycles. The molecule has 6 heterocycles. The number of aryl methyl sites for hydroxylation is 2. The molecule has 1 N–H and O–H groups in total. The smallest absolute Gasteiger partial charge is 0.237 e.